The Morgan fingerprint density at radius 3 is 2.81 bits per heavy atom. The van der Waals surface area contributed by atoms with E-state index in [2.05, 4.69) is 4.98 Å². The van der Waals surface area contributed by atoms with Crippen molar-refractivity contribution in [2.45, 2.75) is 33.3 Å². The molecule has 1 aliphatic rings. The second-order valence-electron chi connectivity index (χ2n) is 4.50. The number of hydrogen-bond acceptors (Lipinski definition) is 3. The normalized spacial score (nSPS) is 18.0. The molecule has 0 atom stereocenters. The van der Waals surface area contributed by atoms with Crippen molar-refractivity contribution in [3.05, 3.63) is 17.8 Å². The van der Waals surface area contributed by atoms with Crippen molar-refractivity contribution < 1.29 is 9.53 Å². The molecule has 0 unspecified atom stereocenters. The van der Waals surface area contributed by atoms with Crippen LogP contribution in [-0.4, -0.2) is 23.0 Å². The van der Waals surface area contributed by atoms with E-state index in [1.807, 2.05) is 19.9 Å². The third-order valence-corrected chi connectivity index (χ3v) is 2.67. The van der Waals surface area contributed by atoms with Crippen LogP contribution in [0.3, 0.4) is 0 Å². The smallest absolute Gasteiger partial charge is 0.271 e. The van der Waals surface area contributed by atoms with E-state index in [-0.39, 0.29) is 5.91 Å². The summed E-state index contributed by atoms with van der Waals surface area (Å²) in [6.45, 7) is 8.06. The number of pyridine rings is 1. The summed E-state index contributed by atoms with van der Waals surface area (Å²) in [5, 5.41) is 0. The Morgan fingerprint density at radius 1 is 1.50 bits per heavy atom. The number of rotatable bonds is 1. The van der Waals surface area contributed by atoms with Crippen molar-refractivity contribution in [1.29, 1.82) is 0 Å². The van der Waals surface area contributed by atoms with E-state index in [1.165, 1.54) is 0 Å². The highest BCUT2D eigenvalue weighted by molar-refractivity contribution is 6.01. The molecule has 1 aromatic heterocycles. The minimum atomic E-state index is -0.807. The van der Waals surface area contributed by atoms with Crippen molar-refractivity contribution in [3.63, 3.8) is 0 Å². The van der Waals surface area contributed by atoms with Gasteiger partial charge in [-0.05, 0) is 39.3 Å². The lowest BCUT2D eigenvalue weighted by molar-refractivity contribution is -0.132. The van der Waals surface area contributed by atoms with Crippen LogP contribution < -0.4 is 9.64 Å². The lowest BCUT2D eigenvalue weighted by Crippen LogP contribution is -2.52. The minimum Gasteiger partial charge on any atom is -0.474 e. The first-order chi connectivity index (χ1) is 7.45. The average molecular weight is 220 g/mol. The minimum absolute atomic E-state index is 0.0427. The summed E-state index contributed by atoms with van der Waals surface area (Å²) in [6.07, 6.45) is 1.75. The average Bonchev–Trinajstić information content (AvgIpc) is 2.20. The summed E-state index contributed by atoms with van der Waals surface area (Å²) in [4.78, 5) is 18.0. The summed E-state index contributed by atoms with van der Waals surface area (Å²) in [5.41, 5.74) is 0.221. The van der Waals surface area contributed by atoms with Crippen LogP contribution in [0.4, 0.5) is 5.82 Å². The van der Waals surface area contributed by atoms with Crippen LogP contribution >= 0.6 is 0 Å². The highest BCUT2D eigenvalue weighted by atomic mass is 16.5. The van der Waals surface area contributed by atoms with E-state index in [1.54, 1.807) is 24.9 Å². The monoisotopic (exact) mass is 220 g/mol. The molecule has 2 rings (SSSR count). The summed E-state index contributed by atoms with van der Waals surface area (Å²) >= 11 is 0. The lowest BCUT2D eigenvalue weighted by atomic mass is 10.1. The lowest BCUT2D eigenvalue weighted by Gasteiger charge is -2.37. The second-order valence-corrected chi connectivity index (χ2v) is 4.50. The van der Waals surface area contributed by atoms with Crippen LogP contribution in [0.2, 0.25) is 0 Å². The first kappa shape index (κ1) is 10.9. The maximum Gasteiger partial charge on any atom is 0.271 e. The van der Waals surface area contributed by atoms with Crippen LogP contribution in [0.25, 0.3) is 0 Å². The summed E-state index contributed by atoms with van der Waals surface area (Å²) < 4.78 is 5.69. The Bertz CT molecular complexity index is 441. The molecule has 0 spiro atoms. The molecule has 0 saturated carbocycles. The first-order valence-corrected chi connectivity index (χ1v) is 5.43. The van der Waals surface area contributed by atoms with Crippen molar-refractivity contribution in [2.24, 2.45) is 0 Å². The van der Waals surface area contributed by atoms with Gasteiger partial charge in [0.15, 0.2) is 17.2 Å². The number of likely N-dealkylation sites (N-methyl/N-ethyl adjacent to an activating group) is 1. The fraction of sp³-hybridized carbons (Fsp3) is 0.500. The van der Waals surface area contributed by atoms with Crippen molar-refractivity contribution in [3.8, 4) is 5.75 Å². The number of amides is 1. The number of carbonyl (C=O) groups excluding carboxylic acids is 1. The molecule has 0 saturated heterocycles. The molecule has 0 bridgehead atoms. The van der Waals surface area contributed by atoms with E-state index in [9.17, 15) is 4.79 Å². The third-order valence-electron chi connectivity index (χ3n) is 2.67. The largest absolute Gasteiger partial charge is 0.474 e. The highest BCUT2D eigenvalue weighted by Gasteiger charge is 2.40. The molecule has 2 heterocycles. The second kappa shape index (κ2) is 3.47. The van der Waals surface area contributed by atoms with Crippen LogP contribution in [0.15, 0.2) is 12.3 Å². The van der Waals surface area contributed by atoms with Gasteiger partial charge in [0.25, 0.3) is 5.91 Å². The predicted molar refractivity (Wildman–Crippen MR) is 61.7 cm³/mol. The van der Waals surface area contributed by atoms with E-state index < -0.39 is 5.60 Å². The molecule has 0 aliphatic carbocycles. The summed E-state index contributed by atoms with van der Waals surface area (Å²) in [5.74, 6) is 1.27. The Kier molecular flexibility index (Phi) is 2.37. The molecule has 16 heavy (non-hydrogen) atoms. The molecule has 1 amide bonds. The predicted octanol–water partition coefficient (Wildman–Crippen LogP) is 1.91. The maximum absolute atomic E-state index is 12.1. The summed E-state index contributed by atoms with van der Waals surface area (Å²) in [7, 11) is 0. The number of aryl methyl sites for hydroxylation is 1. The van der Waals surface area contributed by atoms with Crippen LogP contribution in [0.5, 0.6) is 5.75 Å². The number of hydrogen-bond donors (Lipinski definition) is 0. The number of fused-ring (bicyclic) bond motifs is 1. The number of carbonyl (C=O) groups is 1. The molecular weight excluding hydrogens is 204 g/mol. The molecule has 86 valence electrons. The SMILES string of the molecule is CCN1C(=O)C(C)(C)Oc2cc(C)cnc21. The Hall–Kier alpha value is -1.58. The number of nitrogens with zero attached hydrogens (tertiary/aromatic N) is 2. The van der Waals surface area contributed by atoms with Gasteiger partial charge >= 0.3 is 0 Å². The standard InChI is InChI=1S/C12H16N2O2/c1-5-14-10-9(6-8(2)7-13-10)16-12(3,4)11(14)15/h6-7H,5H2,1-4H3. The molecule has 1 aliphatic heterocycles. The van der Waals surface area contributed by atoms with E-state index in [4.69, 9.17) is 4.74 Å². The molecule has 0 aromatic carbocycles. The van der Waals surface area contributed by atoms with Gasteiger partial charge in [-0.3, -0.25) is 9.69 Å². The summed E-state index contributed by atoms with van der Waals surface area (Å²) in [6, 6.07) is 1.92. The maximum atomic E-state index is 12.1. The Labute approximate surface area is 95.2 Å². The van der Waals surface area contributed by atoms with E-state index >= 15 is 0 Å². The van der Waals surface area contributed by atoms with Gasteiger partial charge in [-0.25, -0.2) is 4.98 Å². The molecular formula is C12H16N2O2. The molecule has 0 N–H and O–H groups in total. The van der Waals surface area contributed by atoms with Crippen molar-refractivity contribution >= 4 is 11.7 Å². The molecule has 4 nitrogen and oxygen atoms in total. The first-order valence-electron chi connectivity index (χ1n) is 5.43. The van der Waals surface area contributed by atoms with Gasteiger partial charge in [0.05, 0.1) is 0 Å². The van der Waals surface area contributed by atoms with Gasteiger partial charge in [-0.2, -0.15) is 0 Å². The molecule has 0 radical (unpaired) electrons. The van der Waals surface area contributed by atoms with Gasteiger partial charge in [0, 0.05) is 12.7 Å². The zero-order valence-electron chi connectivity index (χ0n) is 10.1. The zero-order chi connectivity index (χ0) is 11.9. The Morgan fingerprint density at radius 2 is 2.19 bits per heavy atom. The van der Waals surface area contributed by atoms with E-state index in [0.717, 1.165) is 5.56 Å². The molecule has 1 aromatic rings. The molecule has 4 heteroatoms. The highest BCUT2D eigenvalue weighted by Crippen LogP contribution is 2.36. The topological polar surface area (TPSA) is 42.4 Å². The van der Waals surface area contributed by atoms with Crippen LogP contribution in [0.1, 0.15) is 26.3 Å². The van der Waals surface area contributed by atoms with Crippen LogP contribution in [-0.2, 0) is 4.79 Å². The van der Waals surface area contributed by atoms with Gasteiger partial charge < -0.3 is 4.74 Å². The van der Waals surface area contributed by atoms with Gasteiger partial charge in [-0.1, -0.05) is 0 Å². The quantitative estimate of drug-likeness (QED) is 0.726. The zero-order valence-corrected chi connectivity index (χ0v) is 10.1. The van der Waals surface area contributed by atoms with Crippen LogP contribution in [0, 0.1) is 6.92 Å². The fourth-order valence-corrected chi connectivity index (χ4v) is 1.85. The fourth-order valence-electron chi connectivity index (χ4n) is 1.85. The third kappa shape index (κ3) is 1.54. The molecule has 0 fully saturated rings. The van der Waals surface area contributed by atoms with Gasteiger partial charge in [-0.15, -0.1) is 0 Å². The van der Waals surface area contributed by atoms with Gasteiger partial charge in [0.1, 0.15) is 0 Å². The van der Waals surface area contributed by atoms with Crippen molar-refractivity contribution in [2.75, 3.05) is 11.4 Å². The number of anilines is 1. The van der Waals surface area contributed by atoms with E-state index in [0.29, 0.717) is 18.1 Å². The van der Waals surface area contributed by atoms with Crippen molar-refractivity contribution in [1.82, 2.24) is 4.98 Å². The number of ether oxygens (including phenoxy) is 1. The van der Waals surface area contributed by atoms with Gasteiger partial charge in [0.2, 0.25) is 0 Å². The number of aromatic nitrogens is 1. The Balaban J connectivity index is 2.55.